The van der Waals surface area contributed by atoms with Crippen LogP contribution < -0.4 is 0 Å². The molecule has 1 aliphatic carbocycles. The number of carboxylic acids is 1. The number of carboxylic acid groups (broad SMARTS) is 1. The Morgan fingerprint density at radius 2 is 2.10 bits per heavy atom. The van der Waals surface area contributed by atoms with Crippen molar-refractivity contribution in [3.63, 3.8) is 0 Å². The van der Waals surface area contributed by atoms with E-state index in [1.165, 1.54) is 0 Å². The largest absolute Gasteiger partial charge is 0.481 e. The molecular weight excluding hydrogens is 270 g/mol. The Morgan fingerprint density at radius 3 is 2.76 bits per heavy atom. The molecule has 1 amide bonds. The maximum Gasteiger partial charge on any atom is 0.308 e. The number of nitrogens with zero attached hydrogens (tertiary/aromatic N) is 3. The molecule has 0 radical (unpaired) electrons. The van der Waals surface area contributed by atoms with E-state index in [4.69, 9.17) is 5.11 Å². The predicted octanol–water partition coefficient (Wildman–Crippen LogP) is 1.60. The lowest BCUT2D eigenvalue weighted by Crippen LogP contribution is -2.42. The van der Waals surface area contributed by atoms with Gasteiger partial charge < -0.3 is 10.0 Å². The van der Waals surface area contributed by atoms with E-state index in [1.54, 1.807) is 11.1 Å². The summed E-state index contributed by atoms with van der Waals surface area (Å²) in [4.78, 5) is 34.0. The fourth-order valence-electron chi connectivity index (χ4n) is 2.85. The number of likely N-dealkylation sites (tertiary alicyclic amines) is 1. The number of aromatic nitrogens is 2. The Kier molecular flexibility index (Phi) is 3.61. The molecule has 1 unspecified atom stereocenters. The number of rotatable bonds is 3. The number of piperidine rings is 1. The highest BCUT2D eigenvalue weighted by Gasteiger charge is 2.34. The summed E-state index contributed by atoms with van der Waals surface area (Å²) >= 11 is 0. The molecule has 1 aliphatic heterocycles. The van der Waals surface area contributed by atoms with E-state index in [1.807, 2.05) is 6.92 Å². The molecule has 2 aliphatic rings. The van der Waals surface area contributed by atoms with Gasteiger partial charge in [-0.25, -0.2) is 9.97 Å². The number of amides is 1. The number of carbonyl (C=O) groups excluding carboxylic acids is 1. The molecule has 1 saturated carbocycles. The van der Waals surface area contributed by atoms with Crippen LogP contribution in [-0.2, 0) is 4.79 Å². The number of aliphatic carboxylic acids is 1. The standard InChI is InChI=1S/C15H19N3O3/c1-9-16-7-12(13(17-9)10-4-5-10)14(19)18-6-2-3-11(8-18)15(20)21/h7,10-11H,2-6,8H2,1H3,(H,20,21). The van der Waals surface area contributed by atoms with Gasteiger partial charge in [-0.1, -0.05) is 0 Å². The molecule has 1 aromatic heterocycles. The van der Waals surface area contributed by atoms with Crippen molar-refractivity contribution in [3.8, 4) is 0 Å². The molecule has 0 spiro atoms. The van der Waals surface area contributed by atoms with Gasteiger partial charge in [0, 0.05) is 25.2 Å². The Bertz CT molecular complexity index is 584. The van der Waals surface area contributed by atoms with Gasteiger partial charge in [-0.3, -0.25) is 9.59 Å². The van der Waals surface area contributed by atoms with Crippen molar-refractivity contribution in [3.05, 3.63) is 23.3 Å². The zero-order valence-corrected chi connectivity index (χ0v) is 12.1. The van der Waals surface area contributed by atoms with Crippen molar-refractivity contribution >= 4 is 11.9 Å². The van der Waals surface area contributed by atoms with Crippen LogP contribution in [-0.4, -0.2) is 44.9 Å². The third-order valence-electron chi connectivity index (χ3n) is 4.19. The molecule has 21 heavy (non-hydrogen) atoms. The van der Waals surface area contributed by atoms with Crippen molar-refractivity contribution in [1.82, 2.24) is 14.9 Å². The minimum Gasteiger partial charge on any atom is -0.481 e. The fourth-order valence-corrected chi connectivity index (χ4v) is 2.85. The van der Waals surface area contributed by atoms with E-state index in [-0.39, 0.29) is 12.5 Å². The molecule has 3 rings (SSSR count). The second-order valence-electron chi connectivity index (χ2n) is 5.92. The zero-order valence-electron chi connectivity index (χ0n) is 12.1. The molecule has 6 nitrogen and oxygen atoms in total. The van der Waals surface area contributed by atoms with E-state index >= 15 is 0 Å². The highest BCUT2D eigenvalue weighted by atomic mass is 16.4. The topological polar surface area (TPSA) is 83.4 Å². The maximum absolute atomic E-state index is 12.7. The molecule has 1 atom stereocenters. The van der Waals surface area contributed by atoms with Gasteiger partial charge in [0.15, 0.2) is 0 Å². The summed E-state index contributed by atoms with van der Waals surface area (Å²) in [6.45, 7) is 2.72. The lowest BCUT2D eigenvalue weighted by atomic mass is 9.97. The van der Waals surface area contributed by atoms with Crippen LogP contribution in [0.5, 0.6) is 0 Å². The smallest absolute Gasteiger partial charge is 0.308 e. The number of hydrogen-bond donors (Lipinski definition) is 1. The first-order valence-corrected chi connectivity index (χ1v) is 7.42. The van der Waals surface area contributed by atoms with Crippen LogP contribution in [0.4, 0.5) is 0 Å². The summed E-state index contributed by atoms with van der Waals surface area (Å²) in [6.07, 6.45) is 5.10. The van der Waals surface area contributed by atoms with Gasteiger partial charge in [-0.2, -0.15) is 0 Å². The van der Waals surface area contributed by atoms with Crippen molar-refractivity contribution in [2.24, 2.45) is 5.92 Å². The lowest BCUT2D eigenvalue weighted by Gasteiger charge is -2.31. The van der Waals surface area contributed by atoms with Gasteiger partial charge in [0.25, 0.3) is 5.91 Å². The second-order valence-corrected chi connectivity index (χ2v) is 5.92. The molecule has 1 saturated heterocycles. The zero-order chi connectivity index (χ0) is 15.0. The molecule has 2 fully saturated rings. The van der Waals surface area contributed by atoms with Crippen molar-refractivity contribution < 1.29 is 14.7 Å². The van der Waals surface area contributed by atoms with Crippen LogP contribution in [0.1, 0.15) is 53.5 Å². The Hall–Kier alpha value is -1.98. The summed E-state index contributed by atoms with van der Waals surface area (Å²) < 4.78 is 0. The van der Waals surface area contributed by atoms with Crippen LogP contribution in [0.25, 0.3) is 0 Å². The summed E-state index contributed by atoms with van der Waals surface area (Å²) in [5.74, 6) is -0.363. The first-order chi connectivity index (χ1) is 10.1. The van der Waals surface area contributed by atoms with E-state index in [2.05, 4.69) is 9.97 Å². The van der Waals surface area contributed by atoms with Crippen LogP contribution in [0, 0.1) is 12.8 Å². The molecule has 0 bridgehead atoms. The second kappa shape index (κ2) is 5.42. The van der Waals surface area contributed by atoms with Crippen LogP contribution in [0.2, 0.25) is 0 Å². The molecular formula is C15H19N3O3. The normalized spacial score (nSPS) is 22.1. The minimum absolute atomic E-state index is 0.122. The van der Waals surface area contributed by atoms with Gasteiger partial charge in [0.05, 0.1) is 17.2 Å². The van der Waals surface area contributed by atoms with Gasteiger partial charge >= 0.3 is 5.97 Å². The van der Waals surface area contributed by atoms with Crippen molar-refractivity contribution in [1.29, 1.82) is 0 Å². The average Bonchev–Trinajstić information content (AvgIpc) is 3.31. The van der Waals surface area contributed by atoms with Crippen LogP contribution in [0.15, 0.2) is 6.20 Å². The highest BCUT2D eigenvalue weighted by molar-refractivity contribution is 5.95. The maximum atomic E-state index is 12.7. The fraction of sp³-hybridized carbons (Fsp3) is 0.600. The van der Waals surface area contributed by atoms with Crippen LogP contribution in [0.3, 0.4) is 0 Å². The van der Waals surface area contributed by atoms with Gasteiger partial charge in [-0.15, -0.1) is 0 Å². The lowest BCUT2D eigenvalue weighted by molar-refractivity contribution is -0.143. The molecule has 2 heterocycles. The van der Waals surface area contributed by atoms with Crippen molar-refractivity contribution in [2.45, 2.75) is 38.5 Å². The summed E-state index contributed by atoms with van der Waals surface area (Å²) in [5, 5.41) is 9.13. The Labute approximate surface area is 123 Å². The van der Waals surface area contributed by atoms with Gasteiger partial charge in [0.1, 0.15) is 5.82 Å². The highest BCUT2D eigenvalue weighted by Crippen LogP contribution is 2.40. The molecule has 1 aromatic rings. The first kappa shape index (κ1) is 14.0. The number of aryl methyl sites for hydroxylation is 1. The van der Waals surface area contributed by atoms with E-state index in [0.717, 1.165) is 25.0 Å². The number of hydrogen-bond acceptors (Lipinski definition) is 4. The number of carbonyl (C=O) groups is 2. The summed E-state index contributed by atoms with van der Waals surface area (Å²) in [6, 6.07) is 0. The quantitative estimate of drug-likeness (QED) is 0.913. The molecule has 1 N–H and O–H groups in total. The third kappa shape index (κ3) is 2.89. The SMILES string of the molecule is Cc1ncc(C(=O)N2CCCC(C(=O)O)C2)c(C2CC2)n1. The molecule has 0 aromatic carbocycles. The third-order valence-corrected chi connectivity index (χ3v) is 4.19. The van der Waals surface area contributed by atoms with Gasteiger partial charge in [0.2, 0.25) is 0 Å². The first-order valence-electron chi connectivity index (χ1n) is 7.42. The summed E-state index contributed by atoms with van der Waals surface area (Å²) in [7, 11) is 0. The van der Waals surface area contributed by atoms with Gasteiger partial charge in [-0.05, 0) is 32.6 Å². The Morgan fingerprint density at radius 1 is 1.33 bits per heavy atom. The summed E-state index contributed by atoms with van der Waals surface area (Å²) in [5.41, 5.74) is 1.39. The monoisotopic (exact) mass is 289 g/mol. The van der Waals surface area contributed by atoms with E-state index in [9.17, 15) is 9.59 Å². The van der Waals surface area contributed by atoms with E-state index in [0.29, 0.717) is 30.3 Å². The van der Waals surface area contributed by atoms with Crippen LogP contribution >= 0.6 is 0 Å². The minimum atomic E-state index is -0.824. The predicted molar refractivity (Wildman–Crippen MR) is 75.0 cm³/mol. The van der Waals surface area contributed by atoms with E-state index < -0.39 is 11.9 Å². The van der Waals surface area contributed by atoms with Crippen molar-refractivity contribution in [2.75, 3.05) is 13.1 Å². The molecule has 6 heteroatoms. The molecule has 112 valence electrons. The Balaban J connectivity index is 1.83. The average molecular weight is 289 g/mol.